The van der Waals surface area contributed by atoms with E-state index in [0.29, 0.717) is 32.0 Å². The predicted molar refractivity (Wildman–Crippen MR) is 132 cm³/mol. The summed E-state index contributed by atoms with van der Waals surface area (Å²) in [6, 6.07) is 15.0. The molecule has 2 heterocycles. The van der Waals surface area contributed by atoms with Gasteiger partial charge in [0.15, 0.2) is 11.5 Å². The van der Waals surface area contributed by atoms with Crippen LogP contribution in [0, 0.1) is 14.9 Å². The van der Waals surface area contributed by atoms with Crippen molar-refractivity contribution in [1.29, 1.82) is 5.26 Å². The molecule has 2 aromatic carbocycles. The molecule has 3 aromatic rings. The second-order valence-corrected chi connectivity index (χ2v) is 8.54. The summed E-state index contributed by atoms with van der Waals surface area (Å²) in [5, 5.41) is 11.5. The number of halogens is 1. The minimum atomic E-state index is -0.817. The van der Waals surface area contributed by atoms with Gasteiger partial charge >= 0.3 is 6.03 Å². The van der Waals surface area contributed by atoms with Gasteiger partial charge in [0.05, 0.1) is 35.1 Å². The van der Waals surface area contributed by atoms with Crippen molar-refractivity contribution in [3.05, 3.63) is 86.4 Å². The lowest BCUT2D eigenvalue weighted by Crippen LogP contribution is -2.53. The van der Waals surface area contributed by atoms with Gasteiger partial charge in [-0.3, -0.25) is 19.8 Å². The minimum Gasteiger partial charge on any atom is -0.493 e. The number of methoxy groups -OCH3 is 1. The SMILES string of the molecule is COc1cc(/C=C2\C(=O)NC(=O)N(Cc3ccco3)C2=O)cc(I)c1OCc1ccccc1C#N. The van der Waals surface area contributed by atoms with Crippen LogP contribution in [0.4, 0.5) is 4.79 Å². The summed E-state index contributed by atoms with van der Waals surface area (Å²) in [6.45, 7) is 0.0430. The van der Waals surface area contributed by atoms with E-state index in [1.54, 1.807) is 42.5 Å². The van der Waals surface area contributed by atoms with Gasteiger partial charge in [0.25, 0.3) is 11.8 Å². The van der Waals surface area contributed by atoms with Gasteiger partial charge in [-0.05, 0) is 64.6 Å². The normalized spacial score (nSPS) is 14.6. The Labute approximate surface area is 214 Å². The number of furan rings is 1. The zero-order valence-electron chi connectivity index (χ0n) is 18.4. The lowest BCUT2D eigenvalue weighted by molar-refractivity contribution is -0.130. The van der Waals surface area contributed by atoms with Gasteiger partial charge in [0.1, 0.15) is 17.9 Å². The third kappa shape index (κ3) is 5.20. The summed E-state index contributed by atoms with van der Waals surface area (Å²) in [4.78, 5) is 38.5. The van der Waals surface area contributed by atoms with Crippen LogP contribution < -0.4 is 14.8 Å². The summed E-state index contributed by atoms with van der Waals surface area (Å²) in [5.74, 6) is -0.295. The van der Waals surface area contributed by atoms with E-state index in [1.165, 1.54) is 19.4 Å². The number of barbiturate groups is 1. The van der Waals surface area contributed by atoms with Crippen LogP contribution in [-0.4, -0.2) is 29.9 Å². The maximum absolute atomic E-state index is 13.0. The van der Waals surface area contributed by atoms with Crippen LogP contribution in [-0.2, 0) is 22.7 Å². The first-order chi connectivity index (χ1) is 16.9. The molecule has 0 bridgehead atoms. The predicted octanol–water partition coefficient (Wildman–Crippen LogP) is 4.01. The van der Waals surface area contributed by atoms with Gasteiger partial charge in [-0.2, -0.15) is 5.26 Å². The van der Waals surface area contributed by atoms with E-state index in [4.69, 9.17) is 13.9 Å². The number of rotatable bonds is 7. The van der Waals surface area contributed by atoms with Crippen molar-refractivity contribution in [2.24, 2.45) is 0 Å². The highest BCUT2D eigenvalue weighted by Crippen LogP contribution is 2.35. The average molecular weight is 583 g/mol. The van der Waals surface area contributed by atoms with E-state index in [1.807, 2.05) is 6.07 Å². The van der Waals surface area contributed by atoms with Crippen LogP contribution in [0.25, 0.3) is 6.08 Å². The Balaban J connectivity index is 1.61. The fraction of sp³-hybridized carbons (Fsp3) is 0.120. The molecule has 10 heteroatoms. The number of carbonyl (C=O) groups excluding carboxylic acids is 3. The summed E-state index contributed by atoms with van der Waals surface area (Å²) in [6.07, 6.45) is 2.82. The molecule has 1 aromatic heterocycles. The molecule has 0 saturated carbocycles. The smallest absolute Gasteiger partial charge is 0.331 e. The van der Waals surface area contributed by atoms with Crippen molar-refractivity contribution >= 4 is 46.5 Å². The van der Waals surface area contributed by atoms with Crippen molar-refractivity contribution in [1.82, 2.24) is 10.2 Å². The third-order valence-electron chi connectivity index (χ3n) is 5.15. The summed E-state index contributed by atoms with van der Waals surface area (Å²) < 4.78 is 17.3. The molecule has 4 rings (SSSR count). The lowest BCUT2D eigenvalue weighted by atomic mass is 10.1. The minimum absolute atomic E-state index is 0.111. The molecule has 176 valence electrons. The van der Waals surface area contributed by atoms with Gasteiger partial charge in [-0.15, -0.1) is 0 Å². The Morgan fingerprint density at radius 2 is 1.97 bits per heavy atom. The number of hydrogen-bond acceptors (Lipinski definition) is 7. The Morgan fingerprint density at radius 1 is 1.17 bits per heavy atom. The Kier molecular flexibility index (Phi) is 7.17. The molecule has 0 atom stereocenters. The third-order valence-corrected chi connectivity index (χ3v) is 5.95. The van der Waals surface area contributed by atoms with E-state index < -0.39 is 17.8 Å². The molecule has 1 aliphatic heterocycles. The Bertz CT molecular complexity index is 1370. The second-order valence-electron chi connectivity index (χ2n) is 7.38. The fourth-order valence-electron chi connectivity index (χ4n) is 3.43. The first-order valence-electron chi connectivity index (χ1n) is 10.3. The number of ether oxygens (including phenoxy) is 2. The number of hydrogen-bond donors (Lipinski definition) is 1. The first kappa shape index (κ1) is 24.0. The maximum atomic E-state index is 13.0. The molecule has 0 aliphatic carbocycles. The van der Waals surface area contributed by atoms with E-state index in [2.05, 4.69) is 34.0 Å². The molecule has 35 heavy (non-hydrogen) atoms. The Morgan fingerprint density at radius 3 is 2.69 bits per heavy atom. The van der Waals surface area contributed by atoms with Crippen LogP contribution in [0.3, 0.4) is 0 Å². The van der Waals surface area contributed by atoms with Crippen LogP contribution in [0.2, 0.25) is 0 Å². The fourth-order valence-corrected chi connectivity index (χ4v) is 4.21. The number of urea groups is 1. The molecule has 0 radical (unpaired) electrons. The standard InChI is InChI=1S/C25H18IN3O6/c1-33-21-11-15(10-20(26)22(21)35-14-17-6-3-2-5-16(17)12-27)9-19-23(30)28-25(32)29(24(19)31)13-18-7-4-8-34-18/h2-11H,13-14H2,1H3,(H,28,30,32)/b19-9+. The van der Waals surface area contributed by atoms with Crippen molar-refractivity contribution in [3.8, 4) is 17.6 Å². The van der Waals surface area contributed by atoms with Crippen molar-refractivity contribution < 1.29 is 28.3 Å². The van der Waals surface area contributed by atoms with Crippen LogP contribution in [0.5, 0.6) is 11.5 Å². The van der Waals surface area contributed by atoms with Gasteiger partial charge in [-0.1, -0.05) is 18.2 Å². The van der Waals surface area contributed by atoms with E-state index in [9.17, 15) is 19.6 Å². The van der Waals surface area contributed by atoms with Crippen molar-refractivity contribution in [2.45, 2.75) is 13.2 Å². The van der Waals surface area contributed by atoms with E-state index >= 15 is 0 Å². The van der Waals surface area contributed by atoms with Gasteiger partial charge < -0.3 is 13.9 Å². The lowest BCUT2D eigenvalue weighted by Gasteiger charge is -2.25. The van der Waals surface area contributed by atoms with E-state index in [-0.39, 0.29) is 18.7 Å². The van der Waals surface area contributed by atoms with Crippen LogP contribution in [0.1, 0.15) is 22.5 Å². The molecule has 0 unspecified atom stereocenters. The topological polar surface area (TPSA) is 122 Å². The van der Waals surface area contributed by atoms with Gasteiger partial charge in [-0.25, -0.2) is 4.79 Å². The molecule has 9 nitrogen and oxygen atoms in total. The molecule has 1 aliphatic rings. The molecule has 1 N–H and O–H groups in total. The number of nitriles is 1. The molecule has 1 fully saturated rings. The summed E-state index contributed by atoms with van der Waals surface area (Å²) >= 11 is 2.06. The van der Waals surface area contributed by atoms with Crippen LogP contribution in [0.15, 0.2) is 64.8 Å². The number of benzene rings is 2. The first-order valence-corrected chi connectivity index (χ1v) is 11.4. The Hall–Kier alpha value is -4.11. The van der Waals surface area contributed by atoms with Gasteiger partial charge in [0.2, 0.25) is 0 Å². The van der Waals surface area contributed by atoms with Crippen LogP contribution >= 0.6 is 22.6 Å². The molecule has 4 amide bonds. The highest BCUT2D eigenvalue weighted by Gasteiger charge is 2.36. The number of amides is 4. The van der Waals surface area contributed by atoms with E-state index in [0.717, 1.165) is 10.5 Å². The summed E-state index contributed by atoms with van der Waals surface area (Å²) in [5.41, 5.74) is 1.54. The molecule has 0 spiro atoms. The summed E-state index contributed by atoms with van der Waals surface area (Å²) in [7, 11) is 1.47. The van der Waals surface area contributed by atoms with Crippen molar-refractivity contribution in [3.63, 3.8) is 0 Å². The number of nitrogens with one attached hydrogen (secondary N) is 1. The highest BCUT2D eigenvalue weighted by atomic mass is 127. The van der Waals surface area contributed by atoms with Crippen molar-refractivity contribution in [2.75, 3.05) is 7.11 Å². The second kappa shape index (κ2) is 10.4. The zero-order chi connectivity index (χ0) is 24.9. The maximum Gasteiger partial charge on any atom is 0.331 e. The molecular weight excluding hydrogens is 565 g/mol. The number of carbonyl (C=O) groups is 3. The zero-order valence-corrected chi connectivity index (χ0v) is 20.6. The largest absolute Gasteiger partial charge is 0.493 e. The molecular formula is C25H18IN3O6. The highest BCUT2D eigenvalue weighted by molar-refractivity contribution is 14.1. The molecule has 1 saturated heterocycles. The van der Waals surface area contributed by atoms with Gasteiger partial charge in [0, 0.05) is 5.56 Å². The average Bonchev–Trinajstić information content (AvgIpc) is 3.37. The quantitative estimate of drug-likeness (QED) is 0.254. The monoisotopic (exact) mass is 583 g/mol. The number of nitrogens with zero attached hydrogens (tertiary/aromatic N) is 2. The number of imide groups is 2.